The Morgan fingerprint density at radius 2 is 2.17 bits per heavy atom. The van der Waals surface area contributed by atoms with Gasteiger partial charge >= 0.3 is 0 Å². The molecule has 0 radical (unpaired) electrons. The summed E-state index contributed by atoms with van der Waals surface area (Å²) < 4.78 is 5.51. The molecule has 2 heterocycles. The van der Waals surface area contributed by atoms with E-state index in [1.165, 1.54) is 5.56 Å². The summed E-state index contributed by atoms with van der Waals surface area (Å²) in [5, 5.41) is 2.94. The molecule has 2 aliphatic heterocycles. The number of hydrogen-bond acceptors (Lipinski definition) is 3. The Morgan fingerprint density at radius 3 is 2.87 bits per heavy atom. The number of hydrogen-bond donors (Lipinski definition) is 1. The molecule has 0 aromatic heterocycles. The molecule has 0 bridgehead atoms. The molecule has 2 saturated heterocycles. The van der Waals surface area contributed by atoms with Gasteiger partial charge in [-0.05, 0) is 49.9 Å². The lowest BCUT2D eigenvalue weighted by atomic mass is 10.1. The second-order valence-electron chi connectivity index (χ2n) is 6.55. The number of nitrogens with one attached hydrogen (secondary N) is 1. The molecule has 2 amide bonds. The van der Waals surface area contributed by atoms with Crippen molar-refractivity contribution in [2.75, 3.05) is 24.6 Å². The van der Waals surface area contributed by atoms with Gasteiger partial charge in [0.25, 0.3) is 0 Å². The van der Waals surface area contributed by atoms with Gasteiger partial charge < -0.3 is 15.0 Å². The molecule has 0 saturated carbocycles. The largest absolute Gasteiger partial charge is 0.376 e. The zero-order valence-electron chi connectivity index (χ0n) is 13.8. The van der Waals surface area contributed by atoms with Gasteiger partial charge in [0.15, 0.2) is 0 Å². The molecule has 0 aliphatic carbocycles. The number of ether oxygens (including phenoxy) is 1. The summed E-state index contributed by atoms with van der Waals surface area (Å²) in [4.78, 5) is 26.3. The Labute approximate surface area is 137 Å². The molecule has 3 rings (SSSR count). The lowest BCUT2D eigenvalue weighted by Gasteiger charge is -2.18. The lowest BCUT2D eigenvalue weighted by molar-refractivity contribution is -0.126. The van der Waals surface area contributed by atoms with Gasteiger partial charge in [0, 0.05) is 31.8 Å². The summed E-state index contributed by atoms with van der Waals surface area (Å²) in [7, 11) is 0. The molecule has 1 N–H and O–H groups in total. The highest BCUT2D eigenvalue weighted by atomic mass is 16.5. The maximum atomic E-state index is 12.3. The lowest BCUT2D eigenvalue weighted by Crippen LogP contribution is -2.37. The number of amides is 2. The van der Waals surface area contributed by atoms with Crippen LogP contribution in [-0.4, -0.2) is 37.6 Å². The topological polar surface area (TPSA) is 58.6 Å². The predicted octanol–water partition coefficient (Wildman–Crippen LogP) is 1.95. The number of carbonyl (C=O) groups excluding carboxylic acids is 2. The number of rotatable bonds is 4. The number of nitrogens with zero attached hydrogens (tertiary/aromatic N) is 1. The van der Waals surface area contributed by atoms with Gasteiger partial charge in [0.2, 0.25) is 11.8 Å². The first-order chi connectivity index (χ1) is 11.0. The highest BCUT2D eigenvalue weighted by molar-refractivity contribution is 6.00. The van der Waals surface area contributed by atoms with Crippen molar-refractivity contribution < 1.29 is 14.3 Å². The van der Waals surface area contributed by atoms with Crippen LogP contribution in [-0.2, 0) is 14.3 Å². The number of aryl methyl sites for hydroxylation is 2. The highest BCUT2D eigenvalue weighted by Gasteiger charge is 2.35. The standard InChI is InChI=1S/C18H24N2O3/c1-12-5-6-15(8-13(12)2)20-11-14(9-17(20)21)18(22)19-10-16-4-3-7-23-16/h5-6,8,14,16H,3-4,7,9-11H2,1-2H3,(H,19,22)/t14-,16-/m1/s1. The van der Waals surface area contributed by atoms with Gasteiger partial charge in [-0.3, -0.25) is 9.59 Å². The molecule has 1 aromatic rings. The van der Waals surface area contributed by atoms with Crippen molar-refractivity contribution in [1.82, 2.24) is 5.32 Å². The van der Waals surface area contributed by atoms with E-state index in [1.54, 1.807) is 4.90 Å². The first kappa shape index (κ1) is 16.0. The van der Waals surface area contributed by atoms with E-state index in [0.717, 1.165) is 30.7 Å². The SMILES string of the molecule is Cc1ccc(N2C[C@H](C(=O)NC[C@H]3CCCO3)CC2=O)cc1C. The normalized spacial score (nSPS) is 24.3. The Hall–Kier alpha value is -1.88. The summed E-state index contributed by atoms with van der Waals surface area (Å²) in [6, 6.07) is 5.98. The fraction of sp³-hybridized carbons (Fsp3) is 0.556. The van der Waals surface area contributed by atoms with E-state index >= 15 is 0 Å². The van der Waals surface area contributed by atoms with Crippen molar-refractivity contribution in [3.63, 3.8) is 0 Å². The third kappa shape index (κ3) is 3.55. The summed E-state index contributed by atoms with van der Waals surface area (Å²) in [6.07, 6.45) is 2.47. The van der Waals surface area contributed by atoms with E-state index in [2.05, 4.69) is 5.32 Å². The average Bonchev–Trinajstić information content (AvgIpc) is 3.17. The second-order valence-corrected chi connectivity index (χ2v) is 6.55. The van der Waals surface area contributed by atoms with E-state index in [4.69, 9.17) is 4.74 Å². The number of benzene rings is 1. The molecule has 124 valence electrons. The van der Waals surface area contributed by atoms with Crippen molar-refractivity contribution in [1.29, 1.82) is 0 Å². The van der Waals surface area contributed by atoms with E-state index < -0.39 is 0 Å². The number of carbonyl (C=O) groups is 2. The minimum Gasteiger partial charge on any atom is -0.376 e. The molecular weight excluding hydrogens is 292 g/mol. The zero-order chi connectivity index (χ0) is 16.4. The summed E-state index contributed by atoms with van der Waals surface area (Å²) >= 11 is 0. The molecule has 2 atom stereocenters. The third-order valence-electron chi connectivity index (χ3n) is 4.83. The average molecular weight is 316 g/mol. The number of anilines is 1. The Balaban J connectivity index is 1.59. The molecule has 5 nitrogen and oxygen atoms in total. The van der Waals surface area contributed by atoms with Gasteiger partial charge in [0.1, 0.15) is 0 Å². The van der Waals surface area contributed by atoms with Crippen LogP contribution in [0.4, 0.5) is 5.69 Å². The Bertz CT molecular complexity index is 608. The van der Waals surface area contributed by atoms with Crippen LogP contribution in [0.3, 0.4) is 0 Å². The smallest absolute Gasteiger partial charge is 0.227 e. The summed E-state index contributed by atoms with van der Waals surface area (Å²) in [5.41, 5.74) is 3.24. The fourth-order valence-corrected chi connectivity index (χ4v) is 3.19. The summed E-state index contributed by atoms with van der Waals surface area (Å²) in [5.74, 6) is -0.295. The maximum absolute atomic E-state index is 12.3. The van der Waals surface area contributed by atoms with E-state index in [1.807, 2.05) is 32.0 Å². The minimum absolute atomic E-state index is 0.0190. The molecule has 0 spiro atoms. The van der Waals surface area contributed by atoms with Crippen molar-refractivity contribution in [3.05, 3.63) is 29.3 Å². The van der Waals surface area contributed by atoms with Crippen LogP contribution in [0.15, 0.2) is 18.2 Å². The van der Waals surface area contributed by atoms with Crippen molar-refractivity contribution >= 4 is 17.5 Å². The Kier molecular flexibility index (Phi) is 4.66. The third-order valence-corrected chi connectivity index (χ3v) is 4.83. The van der Waals surface area contributed by atoms with Crippen LogP contribution in [0.25, 0.3) is 0 Å². The fourth-order valence-electron chi connectivity index (χ4n) is 3.19. The molecule has 1 aromatic carbocycles. The van der Waals surface area contributed by atoms with Crippen LogP contribution in [0.5, 0.6) is 0 Å². The first-order valence-corrected chi connectivity index (χ1v) is 8.31. The Morgan fingerprint density at radius 1 is 1.35 bits per heavy atom. The van der Waals surface area contributed by atoms with Gasteiger partial charge in [0.05, 0.1) is 12.0 Å². The first-order valence-electron chi connectivity index (χ1n) is 8.31. The zero-order valence-corrected chi connectivity index (χ0v) is 13.8. The molecule has 5 heteroatoms. The van der Waals surface area contributed by atoms with Crippen LogP contribution < -0.4 is 10.2 Å². The van der Waals surface area contributed by atoms with Gasteiger partial charge in [-0.25, -0.2) is 0 Å². The van der Waals surface area contributed by atoms with Crippen LogP contribution in [0.1, 0.15) is 30.4 Å². The molecule has 23 heavy (non-hydrogen) atoms. The second kappa shape index (κ2) is 6.71. The van der Waals surface area contributed by atoms with Crippen LogP contribution in [0.2, 0.25) is 0 Å². The maximum Gasteiger partial charge on any atom is 0.227 e. The van der Waals surface area contributed by atoms with Crippen molar-refractivity contribution in [3.8, 4) is 0 Å². The van der Waals surface area contributed by atoms with E-state index in [9.17, 15) is 9.59 Å². The van der Waals surface area contributed by atoms with Gasteiger partial charge in [-0.1, -0.05) is 6.07 Å². The van der Waals surface area contributed by atoms with Crippen LogP contribution in [0, 0.1) is 19.8 Å². The summed E-state index contributed by atoms with van der Waals surface area (Å²) in [6.45, 7) is 5.87. The molecular formula is C18H24N2O3. The van der Waals surface area contributed by atoms with E-state index in [0.29, 0.717) is 13.1 Å². The van der Waals surface area contributed by atoms with Crippen LogP contribution >= 0.6 is 0 Å². The molecule has 0 unspecified atom stereocenters. The van der Waals surface area contributed by atoms with E-state index in [-0.39, 0.29) is 30.3 Å². The molecule has 2 aliphatic rings. The monoisotopic (exact) mass is 316 g/mol. The quantitative estimate of drug-likeness (QED) is 0.924. The van der Waals surface area contributed by atoms with Crippen molar-refractivity contribution in [2.24, 2.45) is 5.92 Å². The highest BCUT2D eigenvalue weighted by Crippen LogP contribution is 2.27. The molecule has 2 fully saturated rings. The van der Waals surface area contributed by atoms with Crippen molar-refractivity contribution in [2.45, 2.75) is 39.2 Å². The van der Waals surface area contributed by atoms with Gasteiger partial charge in [-0.2, -0.15) is 0 Å². The van der Waals surface area contributed by atoms with Gasteiger partial charge in [-0.15, -0.1) is 0 Å². The minimum atomic E-state index is -0.273. The predicted molar refractivity (Wildman–Crippen MR) is 88.4 cm³/mol.